The Morgan fingerprint density at radius 3 is 2.57 bits per heavy atom. The summed E-state index contributed by atoms with van der Waals surface area (Å²) < 4.78 is 0. The molecule has 2 aliphatic carbocycles. The van der Waals surface area contributed by atoms with Crippen LogP contribution in [-0.4, -0.2) is 19.0 Å². The van der Waals surface area contributed by atoms with Gasteiger partial charge in [0.15, 0.2) is 0 Å². The Balaban J connectivity index is 1.85. The van der Waals surface area contributed by atoms with Crippen molar-refractivity contribution in [3.05, 3.63) is 29.8 Å². The van der Waals surface area contributed by atoms with Crippen molar-refractivity contribution >= 4 is 11.6 Å². The van der Waals surface area contributed by atoms with Gasteiger partial charge in [0.25, 0.3) is 5.91 Å². The van der Waals surface area contributed by atoms with Crippen LogP contribution in [-0.2, 0) is 0 Å². The predicted molar refractivity (Wildman–Crippen MR) is 86.5 cm³/mol. The van der Waals surface area contributed by atoms with E-state index in [1.54, 1.807) is 0 Å². The number of benzene rings is 1. The van der Waals surface area contributed by atoms with Crippen molar-refractivity contribution in [1.82, 2.24) is 5.32 Å². The number of rotatable bonds is 3. The van der Waals surface area contributed by atoms with Crippen LogP contribution >= 0.6 is 0 Å². The van der Waals surface area contributed by atoms with Crippen molar-refractivity contribution in [3.8, 4) is 0 Å². The van der Waals surface area contributed by atoms with Crippen LogP contribution in [0.15, 0.2) is 24.3 Å². The highest BCUT2D eigenvalue weighted by atomic mass is 16.1. The number of hydrogen-bond donors (Lipinski definition) is 2. The summed E-state index contributed by atoms with van der Waals surface area (Å²) in [5.41, 5.74) is 2.08. The Kier molecular flexibility index (Phi) is 3.27. The molecule has 2 saturated carbocycles. The van der Waals surface area contributed by atoms with Crippen LogP contribution < -0.4 is 10.6 Å². The van der Waals surface area contributed by atoms with Gasteiger partial charge in [-0.15, -0.1) is 0 Å². The summed E-state index contributed by atoms with van der Waals surface area (Å²) in [6.45, 7) is 6.98. The van der Waals surface area contributed by atoms with Crippen molar-refractivity contribution in [2.75, 3.05) is 12.4 Å². The quantitative estimate of drug-likeness (QED) is 0.890. The summed E-state index contributed by atoms with van der Waals surface area (Å²) in [5, 5.41) is 6.46. The molecular formula is C18H26N2O. The summed E-state index contributed by atoms with van der Waals surface area (Å²) in [5.74, 6) is 0.791. The normalized spacial score (nSPS) is 33.0. The SMILES string of the molecule is CNc1ccccc1C(=O)NC1C2(C)CCC(C2)C1(C)C. The first-order valence-electron chi connectivity index (χ1n) is 7.96. The van der Waals surface area contributed by atoms with E-state index in [0.717, 1.165) is 17.2 Å². The van der Waals surface area contributed by atoms with Crippen molar-refractivity contribution in [1.29, 1.82) is 0 Å². The minimum Gasteiger partial charge on any atom is -0.387 e. The van der Waals surface area contributed by atoms with E-state index < -0.39 is 0 Å². The van der Waals surface area contributed by atoms with Gasteiger partial charge in [-0.2, -0.15) is 0 Å². The molecule has 0 aromatic heterocycles. The molecule has 2 aliphatic rings. The maximum Gasteiger partial charge on any atom is 0.253 e. The number of hydrogen-bond acceptors (Lipinski definition) is 2. The Bertz CT molecular complexity index is 561. The van der Waals surface area contributed by atoms with Crippen molar-refractivity contribution in [2.24, 2.45) is 16.7 Å². The fraction of sp³-hybridized carbons (Fsp3) is 0.611. The average Bonchev–Trinajstić information content (AvgIpc) is 2.94. The van der Waals surface area contributed by atoms with Gasteiger partial charge in [-0.05, 0) is 48.1 Å². The third-order valence-electron chi connectivity index (χ3n) is 5.99. The van der Waals surface area contributed by atoms with Gasteiger partial charge in [-0.3, -0.25) is 4.79 Å². The molecule has 21 heavy (non-hydrogen) atoms. The van der Waals surface area contributed by atoms with Gasteiger partial charge < -0.3 is 10.6 Å². The number of nitrogens with one attached hydrogen (secondary N) is 2. The van der Waals surface area contributed by atoms with Crippen LogP contribution in [0.1, 0.15) is 50.4 Å². The summed E-state index contributed by atoms with van der Waals surface area (Å²) in [6.07, 6.45) is 3.79. The molecule has 2 N–H and O–H groups in total. The lowest BCUT2D eigenvalue weighted by atomic mass is 9.68. The highest BCUT2D eigenvalue weighted by Crippen LogP contribution is 2.62. The Morgan fingerprint density at radius 1 is 1.24 bits per heavy atom. The lowest BCUT2D eigenvalue weighted by Gasteiger charge is -2.43. The van der Waals surface area contributed by atoms with E-state index in [1.165, 1.54) is 19.3 Å². The molecule has 3 nitrogen and oxygen atoms in total. The van der Waals surface area contributed by atoms with Gasteiger partial charge >= 0.3 is 0 Å². The number of para-hydroxylation sites is 1. The molecule has 1 aromatic rings. The van der Waals surface area contributed by atoms with E-state index in [4.69, 9.17) is 0 Å². The number of carbonyl (C=O) groups is 1. The Hall–Kier alpha value is -1.51. The van der Waals surface area contributed by atoms with Crippen LogP contribution in [0, 0.1) is 16.7 Å². The second kappa shape index (κ2) is 4.75. The molecule has 3 atom stereocenters. The molecule has 2 bridgehead atoms. The lowest BCUT2D eigenvalue weighted by Crippen LogP contribution is -2.52. The van der Waals surface area contributed by atoms with E-state index in [9.17, 15) is 4.79 Å². The molecule has 1 amide bonds. The molecule has 0 radical (unpaired) electrons. The number of anilines is 1. The van der Waals surface area contributed by atoms with E-state index >= 15 is 0 Å². The number of amides is 1. The largest absolute Gasteiger partial charge is 0.387 e. The summed E-state index contributed by atoms with van der Waals surface area (Å²) in [6, 6.07) is 7.97. The van der Waals surface area contributed by atoms with Crippen LogP contribution in [0.25, 0.3) is 0 Å². The summed E-state index contributed by atoms with van der Waals surface area (Å²) >= 11 is 0. The second-order valence-corrected chi connectivity index (χ2v) is 7.62. The van der Waals surface area contributed by atoms with Crippen molar-refractivity contribution in [3.63, 3.8) is 0 Å². The lowest BCUT2D eigenvalue weighted by molar-refractivity contribution is 0.0738. The first kappa shape index (κ1) is 14.4. The fourth-order valence-corrected chi connectivity index (χ4v) is 4.77. The van der Waals surface area contributed by atoms with E-state index in [0.29, 0.717) is 0 Å². The monoisotopic (exact) mass is 286 g/mol. The first-order valence-corrected chi connectivity index (χ1v) is 7.96. The molecule has 3 rings (SSSR count). The molecule has 0 spiro atoms. The van der Waals surface area contributed by atoms with Crippen LogP contribution in [0.3, 0.4) is 0 Å². The summed E-state index contributed by atoms with van der Waals surface area (Å²) in [7, 11) is 1.86. The average molecular weight is 286 g/mol. The van der Waals surface area contributed by atoms with E-state index in [1.807, 2.05) is 31.3 Å². The van der Waals surface area contributed by atoms with Crippen LogP contribution in [0.4, 0.5) is 5.69 Å². The van der Waals surface area contributed by atoms with Crippen LogP contribution in [0.2, 0.25) is 0 Å². The van der Waals surface area contributed by atoms with Gasteiger partial charge in [0.05, 0.1) is 5.56 Å². The molecule has 0 saturated heterocycles. The zero-order chi connectivity index (χ0) is 15.3. The Morgan fingerprint density at radius 2 is 1.95 bits per heavy atom. The van der Waals surface area contributed by atoms with Crippen molar-refractivity contribution < 1.29 is 4.79 Å². The molecular weight excluding hydrogens is 260 g/mol. The predicted octanol–water partition coefficient (Wildman–Crippen LogP) is 3.67. The molecule has 2 fully saturated rings. The standard InChI is InChI=1S/C18H26N2O/c1-17(2)12-9-10-18(3,11-12)16(17)20-15(21)13-7-5-6-8-14(13)19-4/h5-8,12,16,19H,9-11H2,1-4H3,(H,20,21). The zero-order valence-electron chi connectivity index (χ0n) is 13.5. The number of fused-ring (bicyclic) bond motifs is 2. The van der Waals surface area contributed by atoms with E-state index in [2.05, 4.69) is 31.4 Å². The zero-order valence-corrected chi connectivity index (χ0v) is 13.5. The molecule has 3 unspecified atom stereocenters. The maximum atomic E-state index is 12.7. The Labute approximate surface area is 127 Å². The molecule has 3 heteroatoms. The summed E-state index contributed by atoms with van der Waals surface area (Å²) in [4.78, 5) is 12.7. The molecule has 0 heterocycles. The molecule has 1 aromatic carbocycles. The second-order valence-electron chi connectivity index (χ2n) is 7.62. The highest BCUT2D eigenvalue weighted by molar-refractivity contribution is 5.99. The molecule has 0 aliphatic heterocycles. The van der Waals surface area contributed by atoms with E-state index in [-0.39, 0.29) is 22.8 Å². The third kappa shape index (κ3) is 2.14. The van der Waals surface area contributed by atoms with Gasteiger partial charge in [0.2, 0.25) is 0 Å². The van der Waals surface area contributed by atoms with Gasteiger partial charge in [0, 0.05) is 18.8 Å². The van der Waals surface area contributed by atoms with Gasteiger partial charge in [-0.1, -0.05) is 32.9 Å². The first-order chi connectivity index (χ1) is 9.88. The number of carbonyl (C=O) groups excluding carboxylic acids is 1. The van der Waals surface area contributed by atoms with Crippen molar-refractivity contribution in [2.45, 2.75) is 46.1 Å². The minimum absolute atomic E-state index is 0.0480. The molecule has 114 valence electrons. The topological polar surface area (TPSA) is 41.1 Å². The highest BCUT2D eigenvalue weighted by Gasteiger charge is 2.59. The smallest absolute Gasteiger partial charge is 0.253 e. The maximum absolute atomic E-state index is 12.7. The van der Waals surface area contributed by atoms with Gasteiger partial charge in [0.1, 0.15) is 0 Å². The fourth-order valence-electron chi connectivity index (χ4n) is 4.77. The van der Waals surface area contributed by atoms with Crippen LogP contribution in [0.5, 0.6) is 0 Å². The van der Waals surface area contributed by atoms with Gasteiger partial charge in [-0.25, -0.2) is 0 Å². The minimum atomic E-state index is 0.0480. The third-order valence-corrected chi connectivity index (χ3v) is 5.99.